The van der Waals surface area contributed by atoms with Gasteiger partial charge in [0.15, 0.2) is 0 Å². The van der Waals surface area contributed by atoms with Gasteiger partial charge >= 0.3 is 6.18 Å². The standard InChI is InChI=1S/C18H14ClF3N2O2/c19-15-4-2-1-3-12(15)16(25)23-24-17(26)14-9-13(14)10-5-7-11(8-6-10)18(20,21)22/h1-8,13-14H,9H2,(H,23,25)(H,24,26). The second-order valence-electron chi connectivity index (χ2n) is 5.99. The molecule has 2 aromatic rings. The minimum absolute atomic E-state index is 0.158. The molecule has 2 amide bonds. The summed E-state index contributed by atoms with van der Waals surface area (Å²) in [5, 5.41) is 0.258. The lowest BCUT2D eigenvalue weighted by Gasteiger charge is -2.09. The average molecular weight is 383 g/mol. The summed E-state index contributed by atoms with van der Waals surface area (Å²) in [5.41, 5.74) is 4.78. The van der Waals surface area contributed by atoms with Crippen LogP contribution >= 0.6 is 11.6 Å². The highest BCUT2D eigenvalue weighted by atomic mass is 35.5. The number of hydrogen-bond acceptors (Lipinski definition) is 2. The molecule has 0 radical (unpaired) electrons. The summed E-state index contributed by atoms with van der Waals surface area (Å²) >= 11 is 5.90. The number of hydrazine groups is 1. The van der Waals surface area contributed by atoms with Crippen molar-refractivity contribution in [2.75, 3.05) is 0 Å². The minimum Gasteiger partial charge on any atom is -0.273 e. The number of halogens is 4. The van der Waals surface area contributed by atoms with E-state index in [4.69, 9.17) is 11.6 Å². The fraction of sp³-hybridized carbons (Fsp3) is 0.222. The third-order valence-corrected chi connectivity index (χ3v) is 4.54. The predicted octanol–water partition coefficient (Wildman–Crippen LogP) is 3.92. The molecular formula is C18H14ClF3N2O2. The first kappa shape index (κ1) is 18.3. The highest BCUT2D eigenvalue weighted by molar-refractivity contribution is 6.33. The van der Waals surface area contributed by atoms with Gasteiger partial charge in [0.25, 0.3) is 5.91 Å². The van der Waals surface area contributed by atoms with E-state index in [1.54, 1.807) is 18.2 Å². The zero-order valence-corrected chi connectivity index (χ0v) is 14.1. The van der Waals surface area contributed by atoms with Crippen LogP contribution in [0.1, 0.15) is 33.8 Å². The number of alkyl halides is 3. The van der Waals surface area contributed by atoms with Crippen LogP contribution in [0.4, 0.5) is 13.2 Å². The average Bonchev–Trinajstić information content (AvgIpc) is 3.40. The fourth-order valence-corrected chi connectivity index (χ4v) is 2.92. The third-order valence-electron chi connectivity index (χ3n) is 4.21. The van der Waals surface area contributed by atoms with E-state index < -0.39 is 29.5 Å². The molecule has 1 aliphatic carbocycles. The maximum atomic E-state index is 12.6. The SMILES string of the molecule is O=C(NNC(=O)C1CC1c1ccc(C(F)(F)F)cc1)c1ccccc1Cl. The monoisotopic (exact) mass is 382 g/mol. The molecule has 2 N–H and O–H groups in total. The van der Waals surface area contributed by atoms with Gasteiger partial charge in [-0.05, 0) is 42.2 Å². The van der Waals surface area contributed by atoms with E-state index in [2.05, 4.69) is 10.9 Å². The van der Waals surface area contributed by atoms with E-state index in [9.17, 15) is 22.8 Å². The number of carbonyl (C=O) groups is 2. The van der Waals surface area contributed by atoms with Crippen molar-refractivity contribution in [3.63, 3.8) is 0 Å². The van der Waals surface area contributed by atoms with Crippen LogP contribution in [0.3, 0.4) is 0 Å². The molecule has 8 heteroatoms. The van der Waals surface area contributed by atoms with Gasteiger partial charge in [-0.2, -0.15) is 13.2 Å². The molecule has 2 atom stereocenters. The molecule has 0 aromatic heterocycles. The van der Waals surface area contributed by atoms with Gasteiger partial charge < -0.3 is 0 Å². The maximum Gasteiger partial charge on any atom is 0.416 e. The van der Waals surface area contributed by atoms with Gasteiger partial charge in [-0.25, -0.2) is 0 Å². The highest BCUT2D eigenvalue weighted by Crippen LogP contribution is 2.47. The summed E-state index contributed by atoms with van der Waals surface area (Å²) in [6.45, 7) is 0. The van der Waals surface area contributed by atoms with Crippen molar-refractivity contribution in [3.05, 3.63) is 70.2 Å². The van der Waals surface area contributed by atoms with Gasteiger partial charge in [0, 0.05) is 5.92 Å². The van der Waals surface area contributed by atoms with Crippen molar-refractivity contribution in [2.45, 2.75) is 18.5 Å². The molecule has 1 fully saturated rings. The Kier molecular flexibility index (Phi) is 4.91. The molecule has 0 aliphatic heterocycles. The van der Waals surface area contributed by atoms with Gasteiger partial charge in [0.05, 0.1) is 16.1 Å². The van der Waals surface area contributed by atoms with Crippen molar-refractivity contribution in [1.29, 1.82) is 0 Å². The Bertz CT molecular complexity index is 837. The molecule has 0 spiro atoms. The van der Waals surface area contributed by atoms with Crippen molar-refractivity contribution in [1.82, 2.24) is 10.9 Å². The van der Waals surface area contributed by atoms with E-state index in [0.717, 1.165) is 12.1 Å². The molecule has 0 saturated heterocycles. The van der Waals surface area contributed by atoms with E-state index in [1.165, 1.54) is 18.2 Å². The molecule has 1 saturated carbocycles. The van der Waals surface area contributed by atoms with Gasteiger partial charge in [0.2, 0.25) is 5.91 Å². The first-order valence-corrected chi connectivity index (χ1v) is 8.17. The highest BCUT2D eigenvalue weighted by Gasteiger charge is 2.44. The number of rotatable bonds is 3. The van der Waals surface area contributed by atoms with Gasteiger partial charge in [0.1, 0.15) is 0 Å². The molecule has 2 unspecified atom stereocenters. The van der Waals surface area contributed by atoms with Crippen molar-refractivity contribution in [2.24, 2.45) is 5.92 Å². The molecule has 26 heavy (non-hydrogen) atoms. The Morgan fingerprint density at radius 1 is 1.00 bits per heavy atom. The molecule has 136 valence electrons. The van der Waals surface area contributed by atoms with E-state index in [0.29, 0.717) is 12.0 Å². The summed E-state index contributed by atoms with van der Waals surface area (Å²) in [6, 6.07) is 11.2. The summed E-state index contributed by atoms with van der Waals surface area (Å²) in [7, 11) is 0. The molecular weight excluding hydrogens is 369 g/mol. The first-order valence-electron chi connectivity index (χ1n) is 7.79. The van der Waals surface area contributed by atoms with Crippen LogP contribution in [-0.4, -0.2) is 11.8 Å². The molecule has 2 aromatic carbocycles. The maximum absolute atomic E-state index is 12.6. The normalized spacial score (nSPS) is 18.9. The lowest BCUT2D eigenvalue weighted by Crippen LogP contribution is -2.42. The summed E-state index contributed by atoms with van der Waals surface area (Å²) < 4.78 is 37.7. The zero-order valence-electron chi connectivity index (χ0n) is 13.3. The van der Waals surface area contributed by atoms with Crippen LogP contribution in [0.25, 0.3) is 0 Å². The number of nitrogens with one attached hydrogen (secondary N) is 2. The van der Waals surface area contributed by atoms with Crippen molar-refractivity contribution < 1.29 is 22.8 Å². The Hall–Kier alpha value is -2.54. The lowest BCUT2D eigenvalue weighted by atomic mass is 10.1. The zero-order chi connectivity index (χ0) is 18.9. The molecule has 4 nitrogen and oxygen atoms in total. The number of benzene rings is 2. The van der Waals surface area contributed by atoms with E-state index in [-0.39, 0.29) is 16.5 Å². The quantitative estimate of drug-likeness (QED) is 0.790. The Labute approximate surface area is 152 Å². The van der Waals surface area contributed by atoms with Crippen LogP contribution in [0, 0.1) is 5.92 Å². The Morgan fingerprint density at radius 2 is 1.65 bits per heavy atom. The largest absolute Gasteiger partial charge is 0.416 e. The first-order chi connectivity index (χ1) is 12.3. The lowest BCUT2D eigenvalue weighted by molar-refractivity contribution is -0.137. The van der Waals surface area contributed by atoms with Gasteiger partial charge in [-0.15, -0.1) is 0 Å². The van der Waals surface area contributed by atoms with Crippen LogP contribution in [0.2, 0.25) is 5.02 Å². The number of carbonyl (C=O) groups excluding carboxylic acids is 2. The second-order valence-corrected chi connectivity index (χ2v) is 6.40. The van der Waals surface area contributed by atoms with Crippen LogP contribution in [0.5, 0.6) is 0 Å². The van der Waals surface area contributed by atoms with E-state index >= 15 is 0 Å². The minimum atomic E-state index is -4.39. The molecule has 0 bridgehead atoms. The fourth-order valence-electron chi connectivity index (χ4n) is 2.70. The molecule has 3 rings (SSSR count). The topological polar surface area (TPSA) is 58.2 Å². The predicted molar refractivity (Wildman–Crippen MR) is 89.4 cm³/mol. The molecule has 1 aliphatic rings. The van der Waals surface area contributed by atoms with E-state index in [1.807, 2.05) is 0 Å². The van der Waals surface area contributed by atoms with Crippen molar-refractivity contribution in [3.8, 4) is 0 Å². The summed E-state index contributed by atoms with van der Waals surface area (Å²) in [6.07, 6.45) is -3.87. The second kappa shape index (κ2) is 6.99. The van der Waals surface area contributed by atoms with Gasteiger partial charge in [-0.1, -0.05) is 35.9 Å². The van der Waals surface area contributed by atoms with Crippen LogP contribution in [-0.2, 0) is 11.0 Å². The third kappa shape index (κ3) is 3.99. The van der Waals surface area contributed by atoms with Crippen LogP contribution in [0.15, 0.2) is 48.5 Å². The Balaban J connectivity index is 1.54. The summed E-state index contributed by atoms with van der Waals surface area (Å²) in [5.74, 6) is -1.49. The van der Waals surface area contributed by atoms with Gasteiger partial charge in [-0.3, -0.25) is 20.4 Å². The number of hydrogen-bond donors (Lipinski definition) is 2. The molecule has 0 heterocycles. The number of amides is 2. The smallest absolute Gasteiger partial charge is 0.273 e. The van der Waals surface area contributed by atoms with Crippen LogP contribution < -0.4 is 10.9 Å². The van der Waals surface area contributed by atoms with Crippen molar-refractivity contribution >= 4 is 23.4 Å². The summed E-state index contributed by atoms with van der Waals surface area (Å²) in [4.78, 5) is 24.1. The Morgan fingerprint density at radius 3 is 2.27 bits per heavy atom.